The Bertz CT molecular complexity index is 573. The highest BCUT2D eigenvalue weighted by Crippen LogP contribution is 2.25. The molecule has 0 atom stereocenters. The zero-order chi connectivity index (χ0) is 13.8. The lowest BCUT2D eigenvalue weighted by molar-refractivity contribution is -0.115. The number of carbonyl (C=O) groups is 1. The van der Waals surface area contributed by atoms with Crippen LogP contribution in [0.4, 0.5) is 11.4 Å². The number of aryl methyl sites for hydroxylation is 1. The van der Waals surface area contributed by atoms with E-state index < -0.39 is 0 Å². The van der Waals surface area contributed by atoms with Crippen LogP contribution in [0.25, 0.3) is 0 Å². The summed E-state index contributed by atoms with van der Waals surface area (Å²) in [6.07, 6.45) is 0.297. The van der Waals surface area contributed by atoms with E-state index in [1.165, 1.54) is 0 Å². The minimum atomic E-state index is -0.0963. The molecule has 0 aliphatic carbocycles. The van der Waals surface area contributed by atoms with E-state index in [4.69, 9.17) is 17.3 Å². The van der Waals surface area contributed by atoms with Gasteiger partial charge in [-0.2, -0.15) is 0 Å². The SMILES string of the molecule is Cc1cccc(Cl)c1NC(=O)Cc1ccc(N)cc1. The number of hydrogen-bond donors (Lipinski definition) is 2. The molecule has 1 amide bonds. The van der Waals surface area contributed by atoms with Gasteiger partial charge in [0.1, 0.15) is 0 Å². The maximum Gasteiger partial charge on any atom is 0.228 e. The van der Waals surface area contributed by atoms with Gasteiger partial charge in [-0.25, -0.2) is 0 Å². The molecule has 2 rings (SSSR count). The van der Waals surface area contributed by atoms with Crippen molar-refractivity contribution >= 4 is 28.9 Å². The van der Waals surface area contributed by atoms with Crippen LogP contribution in [0.2, 0.25) is 5.02 Å². The van der Waals surface area contributed by atoms with E-state index in [9.17, 15) is 4.79 Å². The highest BCUT2D eigenvalue weighted by atomic mass is 35.5. The zero-order valence-corrected chi connectivity index (χ0v) is 11.4. The fourth-order valence-electron chi connectivity index (χ4n) is 1.79. The Morgan fingerprint density at radius 1 is 1.21 bits per heavy atom. The van der Waals surface area contributed by atoms with Gasteiger partial charge in [0.15, 0.2) is 0 Å². The Labute approximate surface area is 117 Å². The molecule has 0 spiro atoms. The maximum absolute atomic E-state index is 12.0. The maximum atomic E-state index is 12.0. The number of para-hydroxylation sites is 1. The molecule has 2 aromatic rings. The fraction of sp³-hybridized carbons (Fsp3) is 0.133. The van der Waals surface area contributed by atoms with Gasteiger partial charge in [-0.3, -0.25) is 4.79 Å². The molecule has 0 aromatic heterocycles. The predicted octanol–water partition coefficient (Wildman–Crippen LogP) is 3.41. The van der Waals surface area contributed by atoms with E-state index in [-0.39, 0.29) is 5.91 Å². The van der Waals surface area contributed by atoms with Gasteiger partial charge in [0.2, 0.25) is 5.91 Å². The van der Waals surface area contributed by atoms with Crippen LogP contribution in [0.1, 0.15) is 11.1 Å². The predicted molar refractivity (Wildman–Crippen MR) is 79.4 cm³/mol. The standard InChI is InChI=1S/C15H15ClN2O/c1-10-3-2-4-13(16)15(10)18-14(19)9-11-5-7-12(17)8-6-11/h2-8H,9,17H2,1H3,(H,18,19). The number of hydrogen-bond acceptors (Lipinski definition) is 2. The molecule has 0 saturated heterocycles. The summed E-state index contributed by atoms with van der Waals surface area (Å²) in [7, 11) is 0. The number of carbonyl (C=O) groups excluding carboxylic acids is 1. The molecule has 0 heterocycles. The van der Waals surface area contributed by atoms with Crippen LogP contribution >= 0.6 is 11.6 Å². The van der Waals surface area contributed by atoms with E-state index >= 15 is 0 Å². The average Bonchev–Trinajstić information content (AvgIpc) is 2.37. The summed E-state index contributed by atoms with van der Waals surface area (Å²) in [6.45, 7) is 1.91. The molecule has 19 heavy (non-hydrogen) atoms. The van der Waals surface area contributed by atoms with Gasteiger partial charge in [-0.1, -0.05) is 35.9 Å². The van der Waals surface area contributed by atoms with Crippen LogP contribution < -0.4 is 11.1 Å². The van der Waals surface area contributed by atoms with Gasteiger partial charge in [0.05, 0.1) is 17.1 Å². The van der Waals surface area contributed by atoms with E-state index in [2.05, 4.69) is 5.32 Å². The Morgan fingerprint density at radius 3 is 2.53 bits per heavy atom. The summed E-state index contributed by atoms with van der Waals surface area (Å²) in [6, 6.07) is 12.8. The average molecular weight is 275 g/mol. The quantitative estimate of drug-likeness (QED) is 0.843. The second kappa shape index (κ2) is 5.76. The number of rotatable bonds is 3. The monoisotopic (exact) mass is 274 g/mol. The highest BCUT2D eigenvalue weighted by molar-refractivity contribution is 6.33. The van der Waals surface area contributed by atoms with Gasteiger partial charge >= 0.3 is 0 Å². The number of anilines is 2. The van der Waals surface area contributed by atoms with Crippen molar-refractivity contribution in [1.82, 2.24) is 0 Å². The van der Waals surface area contributed by atoms with E-state index in [1.54, 1.807) is 18.2 Å². The number of nitrogens with one attached hydrogen (secondary N) is 1. The minimum absolute atomic E-state index is 0.0963. The first-order valence-corrected chi connectivity index (χ1v) is 6.33. The highest BCUT2D eigenvalue weighted by Gasteiger charge is 2.08. The number of amides is 1. The number of halogens is 1. The zero-order valence-electron chi connectivity index (χ0n) is 10.6. The molecule has 98 valence electrons. The topological polar surface area (TPSA) is 55.1 Å². The Kier molecular flexibility index (Phi) is 4.07. The normalized spacial score (nSPS) is 10.2. The molecule has 3 nitrogen and oxygen atoms in total. The molecule has 2 aromatic carbocycles. The first kappa shape index (κ1) is 13.4. The van der Waals surface area contributed by atoms with E-state index in [0.29, 0.717) is 22.8 Å². The third kappa shape index (κ3) is 3.48. The second-order valence-corrected chi connectivity index (χ2v) is 4.81. The van der Waals surface area contributed by atoms with Gasteiger partial charge in [0, 0.05) is 5.69 Å². The van der Waals surface area contributed by atoms with Crippen LogP contribution in [0, 0.1) is 6.92 Å². The lowest BCUT2D eigenvalue weighted by Gasteiger charge is -2.10. The van der Waals surface area contributed by atoms with Crippen LogP contribution in [0.3, 0.4) is 0 Å². The molecule has 4 heteroatoms. The Morgan fingerprint density at radius 2 is 1.89 bits per heavy atom. The molecule has 0 aliphatic rings. The number of benzene rings is 2. The summed E-state index contributed by atoms with van der Waals surface area (Å²) in [5, 5.41) is 3.39. The summed E-state index contributed by atoms with van der Waals surface area (Å²) < 4.78 is 0. The van der Waals surface area contributed by atoms with Crippen molar-refractivity contribution in [2.45, 2.75) is 13.3 Å². The van der Waals surface area contributed by atoms with Crippen molar-refractivity contribution in [1.29, 1.82) is 0 Å². The van der Waals surface area contributed by atoms with Gasteiger partial charge < -0.3 is 11.1 Å². The van der Waals surface area contributed by atoms with Gasteiger partial charge in [0.25, 0.3) is 0 Å². The van der Waals surface area contributed by atoms with Crippen LogP contribution in [-0.4, -0.2) is 5.91 Å². The Balaban J connectivity index is 2.07. The molecule has 0 aliphatic heterocycles. The molecular weight excluding hydrogens is 260 g/mol. The Hall–Kier alpha value is -2.00. The fourth-order valence-corrected chi connectivity index (χ4v) is 2.06. The third-order valence-corrected chi connectivity index (χ3v) is 3.15. The van der Waals surface area contributed by atoms with Crippen LogP contribution in [-0.2, 0) is 11.2 Å². The van der Waals surface area contributed by atoms with E-state index in [1.807, 2.05) is 31.2 Å². The van der Waals surface area contributed by atoms with Crippen molar-refractivity contribution in [2.75, 3.05) is 11.1 Å². The largest absolute Gasteiger partial charge is 0.399 e. The smallest absolute Gasteiger partial charge is 0.228 e. The van der Waals surface area contributed by atoms with Crippen LogP contribution in [0.5, 0.6) is 0 Å². The molecule has 3 N–H and O–H groups in total. The first-order valence-electron chi connectivity index (χ1n) is 5.95. The van der Waals surface area contributed by atoms with Crippen molar-refractivity contribution in [3.8, 4) is 0 Å². The molecular formula is C15H15ClN2O. The number of nitrogen functional groups attached to an aromatic ring is 1. The van der Waals surface area contributed by atoms with Crippen LogP contribution in [0.15, 0.2) is 42.5 Å². The van der Waals surface area contributed by atoms with Crippen molar-refractivity contribution in [3.05, 3.63) is 58.6 Å². The van der Waals surface area contributed by atoms with Gasteiger partial charge in [-0.05, 0) is 36.2 Å². The molecule has 0 unspecified atom stereocenters. The lowest BCUT2D eigenvalue weighted by atomic mass is 10.1. The molecule has 0 saturated carbocycles. The third-order valence-electron chi connectivity index (χ3n) is 2.83. The summed E-state index contributed by atoms with van der Waals surface area (Å²) in [5.41, 5.74) is 8.82. The second-order valence-electron chi connectivity index (χ2n) is 4.40. The van der Waals surface area contributed by atoms with Crippen molar-refractivity contribution in [2.24, 2.45) is 0 Å². The number of nitrogens with two attached hydrogens (primary N) is 1. The summed E-state index contributed by atoms with van der Waals surface area (Å²) in [4.78, 5) is 12.0. The first-order chi connectivity index (χ1) is 9.06. The van der Waals surface area contributed by atoms with Crippen molar-refractivity contribution in [3.63, 3.8) is 0 Å². The molecule has 0 radical (unpaired) electrons. The van der Waals surface area contributed by atoms with Crippen molar-refractivity contribution < 1.29 is 4.79 Å². The minimum Gasteiger partial charge on any atom is -0.399 e. The van der Waals surface area contributed by atoms with E-state index in [0.717, 1.165) is 11.1 Å². The lowest BCUT2D eigenvalue weighted by Crippen LogP contribution is -2.15. The summed E-state index contributed by atoms with van der Waals surface area (Å²) in [5.74, 6) is -0.0963. The van der Waals surface area contributed by atoms with Gasteiger partial charge in [-0.15, -0.1) is 0 Å². The summed E-state index contributed by atoms with van der Waals surface area (Å²) >= 11 is 6.07. The molecule has 0 fully saturated rings. The molecule has 0 bridgehead atoms.